The normalized spacial score (nSPS) is 18.6. The van der Waals surface area contributed by atoms with E-state index in [4.69, 9.17) is 4.99 Å². The molecule has 1 atom stereocenters. The van der Waals surface area contributed by atoms with Gasteiger partial charge in [0.05, 0.1) is 15.9 Å². The summed E-state index contributed by atoms with van der Waals surface area (Å²) in [6, 6.07) is 16.7. The van der Waals surface area contributed by atoms with Gasteiger partial charge in [-0.05, 0) is 36.2 Å². The van der Waals surface area contributed by atoms with Crippen LogP contribution in [0.4, 0.5) is 10.8 Å². The lowest BCUT2D eigenvalue weighted by Crippen LogP contribution is -2.14. The summed E-state index contributed by atoms with van der Waals surface area (Å²) in [5.74, 6) is 0. The molecule has 1 aromatic heterocycles. The molecule has 1 aliphatic heterocycles. The molecule has 0 radical (unpaired) electrons. The number of rotatable bonds is 5. The van der Waals surface area contributed by atoms with E-state index in [2.05, 4.69) is 65.0 Å². The molecule has 1 aliphatic rings. The van der Waals surface area contributed by atoms with Gasteiger partial charge < -0.3 is 10.6 Å². The van der Waals surface area contributed by atoms with Crippen molar-refractivity contribution in [2.24, 2.45) is 4.99 Å². The lowest BCUT2D eigenvalue weighted by atomic mass is 10.1. The second-order valence-corrected chi connectivity index (χ2v) is 8.52. The molecular weight excluding hydrogens is 348 g/mol. The molecule has 0 amide bonds. The summed E-state index contributed by atoms with van der Waals surface area (Å²) >= 11 is 3.50. The number of nitrogens with zero attached hydrogens (tertiary/aromatic N) is 2. The van der Waals surface area contributed by atoms with Gasteiger partial charge in [-0.2, -0.15) is 0 Å². The van der Waals surface area contributed by atoms with E-state index in [9.17, 15) is 0 Å². The van der Waals surface area contributed by atoms with Crippen molar-refractivity contribution < 1.29 is 0 Å². The van der Waals surface area contributed by atoms with Crippen molar-refractivity contribution in [1.82, 2.24) is 10.3 Å². The van der Waals surface area contributed by atoms with Gasteiger partial charge in [-0.25, -0.2) is 9.98 Å². The largest absolute Gasteiger partial charge is 0.363 e. The predicted molar refractivity (Wildman–Crippen MR) is 110 cm³/mol. The zero-order valence-electron chi connectivity index (χ0n) is 14.0. The molecule has 2 N–H and O–H groups in total. The summed E-state index contributed by atoms with van der Waals surface area (Å²) in [6.45, 7) is 4.07. The van der Waals surface area contributed by atoms with Crippen molar-refractivity contribution in [3.05, 3.63) is 54.1 Å². The maximum atomic E-state index is 4.70. The third kappa shape index (κ3) is 4.14. The number of amidine groups is 1. The van der Waals surface area contributed by atoms with E-state index in [0.717, 1.165) is 41.0 Å². The van der Waals surface area contributed by atoms with Crippen molar-refractivity contribution in [1.29, 1.82) is 0 Å². The van der Waals surface area contributed by atoms with Crippen LogP contribution in [0.3, 0.4) is 0 Å². The Morgan fingerprint density at radius 2 is 2.16 bits per heavy atom. The summed E-state index contributed by atoms with van der Waals surface area (Å²) < 4.78 is 1.22. The van der Waals surface area contributed by atoms with E-state index in [1.807, 2.05) is 6.07 Å². The monoisotopic (exact) mass is 368 g/mol. The molecule has 2 aromatic carbocycles. The molecule has 6 heteroatoms. The Morgan fingerprint density at radius 3 is 3.00 bits per heavy atom. The van der Waals surface area contributed by atoms with Crippen molar-refractivity contribution in [2.75, 3.05) is 18.4 Å². The lowest BCUT2D eigenvalue weighted by molar-refractivity contribution is 0.891. The fraction of sp³-hybridized carbons (Fsp3) is 0.263. The number of aromatic nitrogens is 1. The number of thioether (sulfide) groups is 1. The number of fused-ring (bicyclic) bond motifs is 1. The molecule has 25 heavy (non-hydrogen) atoms. The molecule has 0 aliphatic carbocycles. The van der Waals surface area contributed by atoms with E-state index in [1.54, 1.807) is 23.1 Å². The number of aliphatic imine (C=N–C) groups is 1. The van der Waals surface area contributed by atoms with Crippen molar-refractivity contribution in [3.63, 3.8) is 0 Å². The van der Waals surface area contributed by atoms with E-state index in [0.29, 0.717) is 5.25 Å². The quantitative estimate of drug-likeness (QED) is 0.687. The molecular formula is C19H20N4S2. The zero-order valence-corrected chi connectivity index (χ0v) is 15.7. The lowest BCUT2D eigenvalue weighted by Gasteiger charge is -2.04. The Kier molecular flexibility index (Phi) is 4.90. The van der Waals surface area contributed by atoms with Crippen LogP contribution in [0.25, 0.3) is 10.2 Å². The third-order valence-corrected chi connectivity index (χ3v) is 6.00. The van der Waals surface area contributed by atoms with Crippen LogP contribution in [0.2, 0.25) is 0 Å². The predicted octanol–water partition coefficient (Wildman–Crippen LogP) is 4.66. The molecule has 1 fully saturated rings. The topological polar surface area (TPSA) is 49.3 Å². The maximum absolute atomic E-state index is 4.70. The van der Waals surface area contributed by atoms with Crippen LogP contribution in [0, 0.1) is 0 Å². The average Bonchev–Trinajstić information content (AvgIpc) is 3.21. The first-order valence-corrected chi connectivity index (χ1v) is 10.1. The molecule has 1 saturated heterocycles. The van der Waals surface area contributed by atoms with Gasteiger partial charge >= 0.3 is 0 Å². The van der Waals surface area contributed by atoms with Crippen LogP contribution in [0.5, 0.6) is 0 Å². The Hall–Kier alpha value is -2.05. The number of thiazole rings is 1. The van der Waals surface area contributed by atoms with Crippen LogP contribution < -0.4 is 10.6 Å². The summed E-state index contributed by atoms with van der Waals surface area (Å²) in [5, 5.41) is 9.39. The number of benzene rings is 2. The number of para-hydroxylation sites is 1. The van der Waals surface area contributed by atoms with E-state index in [1.165, 1.54) is 10.3 Å². The van der Waals surface area contributed by atoms with Gasteiger partial charge in [0, 0.05) is 18.3 Å². The molecule has 2 heterocycles. The van der Waals surface area contributed by atoms with E-state index in [-0.39, 0.29) is 0 Å². The third-order valence-electron chi connectivity index (χ3n) is 3.98. The highest BCUT2D eigenvalue weighted by molar-refractivity contribution is 8.14. The SMILES string of the molecule is CC1CN/C(=N\c2cccc(CCNc3nc4ccccc4s3)c2)S1. The molecule has 0 bridgehead atoms. The van der Waals surface area contributed by atoms with E-state index < -0.39 is 0 Å². The Balaban J connectivity index is 1.37. The highest BCUT2D eigenvalue weighted by Crippen LogP contribution is 2.25. The Labute approximate surface area is 155 Å². The van der Waals surface area contributed by atoms with Gasteiger partial charge in [-0.3, -0.25) is 0 Å². The van der Waals surface area contributed by atoms with Crippen molar-refractivity contribution in [2.45, 2.75) is 18.6 Å². The highest BCUT2D eigenvalue weighted by Gasteiger charge is 2.15. The number of hydrogen-bond donors (Lipinski definition) is 2. The van der Waals surface area contributed by atoms with Crippen LogP contribution in [-0.4, -0.2) is 28.5 Å². The van der Waals surface area contributed by atoms with Crippen molar-refractivity contribution in [3.8, 4) is 0 Å². The number of hydrogen-bond acceptors (Lipinski definition) is 5. The fourth-order valence-electron chi connectivity index (χ4n) is 2.73. The minimum atomic E-state index is 0.597. The summed E-state index contributed by atoms with van der Waals surface area (Å²) in [6.07, 6.45) is 0.950. The van der Waals surface area contributed by atoms with Gasteiger partial charge in [-0.1, -0.05) is 54.3 Å². The summed E-state index contributed by atoms with van der Waals surface area (Å²) in [4.78, 5) is 9.31. The molecule has 4 rings (SSSR count). The minimum absolute atomic E-state index is 0.597. The van der Waals surface area contributed by atoms with E-state index >= 15 is 0 Å². The van der Waals surface area contributed by atoms with Crippen LogP contribution in [-0.2, 0) is 6.42 Å². The van der Waals surface area contributed by atoms with Crippen molar-refractivity contribution >= 4 is 49.3 Å². The second-order valence-electron chi connectivity index (χ2n) is 6.06. The molecule has 1 unspecified atom stereocenters. The number of nitrogens with one attached hydrogen (secondary N) is 2. The smallest absolute Gasteiger partial charge is 0.183 e. The first-order valence-electron chi connectivity index (χ1n) is 8.44. The summed E-state index contributed by atoms with van der Waals surface area (Å²) in [7, 11) is 0. The van der Waals surface area contributed by atoms with Crippen LogP contribution in [0.1, 0.15) is 12.5 Å². The van der Waals surface area contributed by atoms with Crippen LogP contribution in [0.15, 0.2) is 53.5 Å². The average molecular weight is 369 g/mol. The van der Waals surface area contributed by atoms with Gasteiger partial charge in [0.15, 0.2) is 10.3 Å². The highest BCUT2D eigenvalue weighted by atomic mass is 32.2. The molecule has 128 valence electrons. The Bertz CT molecular complexity index is 870. The van der Waals surface area contributed by atoms with Crippen LogP contribution >= 0.6 is 23.1 Å². The van der Waals surface area contributed by atoms with Gasteiger partial charge in [0.25, 0.3) is 0 Å². The van der Waals surface area contributed by atoms with Gasteiger partial charge in [0.2, 0.25) is 0 Å². The second kappa shape index (κ2) is 7.45. The minimum Gasteiger partial charge on any atom is -0.363 e. The molecule has 0 spiro atoms. The van der Waals surface area contributed by atoms with Gasteiger partial charge in [-0.15, -0.1) is 0 Å². The first kappa shape index (κ1) is 16.4. The Morgan fingerprint density at radius 1 is 1.24 bits per heavy atom. The molecule has 3 aromatic rings. The summed E-state index contributed by atoms with van der Waals surface area (Å²) in [5.41, 5.74) is 3.36. The molecule has 4 nitrogen and oxygen atoms in total. The molecule has 0 saturated carbocycles. The standard InChI is InChI=1S/C19H20N4S2/c1-13-12-21-19(24-13)22-15-6-4-5-14(11-15)9-10-20-18-23-16-7-2-3-8-17(16)25-18/h2-8,11,13H,9-10,12H2,1H3,(H,20,23)(H,21,22). The zero-order chi connectivity index (χ0) is 17.1. The maximum Gasteiger partial charge on any atom is 0.183 e. The first-order chi connectivity index (χ1) is 12.3. The van der Waals surface area contributed by atoms with Gasteiger partial charge in [0.1, 0.15) is 0 Å². The fourth-order valence-corrected chi connectivity index (χ4v) is 4.50. The number of anilines is 1.